The van der Waals surface area contributed by atoms with E-state index in [0.29, 0.717) is 0 Å². The van der Waals surface area contributed by atoms with Crippen molar-refractivity contribution in [2.45, 2.75) is 4.90 Å². The van der Waals surface area contributed by atoms with E-state index in [1.165, 1.54) is 48.5 Å². The first-order valence-corrected chi connectivity index (χ1v) is 11.7. The summed E-state index contributed by atoms with van der Waals surface area (Å²) in [4.78, 5) is 11.8. The van der Waals surface area contributed by atoms with Crippen LogP contribution in [0.15, 0.2) is 53.4 Å². The molecular weight excluding hydrogens is 546 g/mol. The summed E-state index contributed by atoms with van der Waals surface area (Å²) >= 11 is 29.6. The molecule has 0 heterocycles. The van der Waals surface area contributed by atoms with Gasteiger partial charge in [-0.2, -0.15) is 8.42 Å². The van der Waals surface area contributed by atoms with Gasteiger partial charge in [-0.25, -0.2) is 4.79 Å². The quantitative estimate of drug-likeness (QED) is 0.280. The highest BCUT2D eigenvalue weighted by Gasteiger charge is 2.26. The number of benzene rings is 3. The van der Waals surface area contributed by atoms with Gasteiger partial charge in [0, 0.05) is 11.8 Å². The summed E-state index contributed by atoms with van der Waals surface area (Å²) in [5.74, 6) is 0.0284. The second-order valence-corrected chi connectivity index (χ2v) is 9.51. The Labute approximate surface area is 207 Å². The van der Waals surface area contributed by atoms with Gasteiger partial charge in [-0.05, 0) is 42.5 Å². The number of ether oxygens (including phenoxy) is 1. The third-order valence-corrected chi connectivity index (χ3v) is 6.71. The lowest BCUT2D eigenvalue weighted by Crippen LogP contribution is -2.21. The van der Waals surface area contributed by atoms with Crippen molar-refractivity contribution in [1.29, 1.82) is 0 Å². The van der Waals surface area contributed by atoms with Crippen LogP contribution in [-0.2, 0) is 10.1 Å². The summed E-state index contributed by atoms with van der Waals surface area (Å²) in [7, 11) is -4.86. The molecule has 13 heteroatoms. The predicted octanol–water partition coefficient (Wildman–Crippen LogP) is 7.64. The first-order valence-electron chi connectivity index (χ1n) is 8.41. The Hall–Kier alpha value is -1.91. The standard InChI is InChI=1S/C19H11Cl5N2O5S/c20-11-3-1-9(7-14(11)23)25-19(27)26-17-16(6-5-13(22)18(17)32(28,29)30)31-10-2-4-12(21)15(24)8-10/h1-8H,(H2,25,26,27)(H,28,29,30). The maximum absolute atomic E-state index is 12.6. The van der Waals surface area contributed by atoms with Gasteiger partial charge < -0.3 is 15.4 Å². The van der Waals surface area contributed by atoms with Crippen LogP contribution in [-0.4, -0.2) is 19.0 Å². The number of carbonyl (C=O) groups is 1. The molecule has 0 aliphatic heterocycles. The molecule has 3 aromatic carbocycles. The van der Waals surface area contributed by atoms with Crippen LogP contribution < -0.4 is 15.4 Å². The Bertz CT molecular complexity index is 1320. The molecule has 32 heavy (non-hydrogen) atoms. The van der Waals surface area contributed by atoms with Crippen molar-refractivity contribution in [1.82, 2.24) is 0 Å². The number of carbonyl (C=O) groups excluding carboxylic acids is 1. The third-order valence-electron chi connectivity index (χ3n) is 3.86. The topological polar surface area (TPSA) is 105 Å². The van der Waals surface area contributed by atoms with E-state index >= 15 is 0 Å². The Kier molecular flexibility index (Phi) is 7.67. The van der Waals surface area contributed by atoms with Crippen molar-refractivity contribution in [3.8, 4) is 11.5 Å². The minimum Gasteiger partial charge on any atom is -0.455 e. The molecule has 168 valence electrons. The molecule has 0 unspecified atom stereocenters. The van der Waals surface area contributed by atoms with Crippen LogP contribution in [0.4, 0.5) is 16.2 Å². The number of urea groups is 1. The molecule has 0 spiro atoms. The largest absolute Gasteiger partial charge is 0.455 e. The smallest absolute Gasteiger partial charge is 0.323 e. The summed E-state index contributed by atoms with van der Waals surface area (Å²) in [6.07, 6.45) is 0. The zero-order valence-corrected chi connectivity index (χ0v) is 20.1. The van der Waals surface area contributed by atoms with E-state index in [1.807, 2.05) is 0 Å². The van der Waals surface area contributed by atoms with Gasteiger partial charge in [0.05, 0.1) is 25.1 Å². The fourth-order valence-corrected chi connectivity index (χ4v) is 4.27. The van der Waals surface area contributed by atoms with Gasteiger partial charge in [-0.1, -0.05) is 58.0 Å². The van der Waals surface area contributed by atoms with Crippen LogP contribution in [0.1, 0.15) is 0 Å². The predicted molar refractivity (Wildman–Crippen MR) is 127 cm³/mol. The van der Waals surface area contributed by atoms with E-state index in [9.17, 15) is 17.8 Å². The van der Waals surface area contributed by atoms with Crippen molar-refractivity contribution in [3.63, 3.8) is 0 Å². The monoisotopic (exact) mass is 554 g/mol. The van der Waals surface area contributed by atoms with Crippen LogP contribution in [0.5, 0.6) is 11.5 Å². The Morgan fingerprint density at radius 1 is 0.781 bits per heavy atom. The van der Waals surface area contributed by atoms with E-state index in [0.717, 1.165) is 0 Å². The summed E-state index contributed by atoms with van der Waals surface area (Å²) in [5.41, 5.74) is -0.150. The van der Waals surface area contributed by atoms with Gasteiger partial charge in [-0.3, -0.25) is 4.55 Å². The minimum atomic E-state index is -4.86. The van der Waals surface area contributed by atoms with Gasteiger partial charge >= 0.3 is 6.03 Å². The second kappa shape index (κ2) is 9.93. The van der Waals surface area contributed by atoms with Crippen molar-refractivity contribution < 1.29 is 22.5 Å². The maximum atomic E-state index is 12.6. The van der Waals surface area contributed by atoms with Crippen LogP contribution in [0.25, 0.3) is 0 Å². The number of anilines is 2. The van der Waals surface area contributed by atoms with Gasteiger partial charge in [0.2, 0.25) is 0 Å². The molecule has 3 N–H and O–H groups in total. The van der Waals surface area contributed by atoms with Crippen molar-refractivity contribution in [2.75, 3.05) is 10.6 Å². The fourth-order valence-electron chi connectivity index (χ4n) is 2.51. The summed E-state index contributed by atoms with van der Waals surface area (Å²) in [5, 5.41) is 5.35. The van der Waals surface area contributed by atoms with Gasteiger partial charge in [0.1, 0.15) is 16.3 Å². The van der Waals surface area contributed by atoms with Gasteiger partial charge in [0.25, 0.3) is 10.1 Å². The van der Waals surface area contributed by atoms with Crippen LogP contribution >= 0.6 is 58.0 Å². The molecule has 0 saturated carbocycles. The Morgan fingerprint density at radius 3 is 1.97 bits per heavy atom. The van der Waals surface area contributed by atoms with Crippen molar-refractivity contribution in [3.05, 3.63) is 73.6 Å². The number of hydrogen-bond donors (Lipinski definition) is 3. The summed E-state index contributed by atoms with van der Waals surface area (Å²) in [6, 6.07) is 10.2. The maximum Gasteiger partial charge on any atom is 0.323 e. The van der Waals surface area contributed by atoms with Crippen LogP contribution in [0, 0.1) is 0 Å². The Morgan fingerprint density at radius 2 is 1.38 bits per heavy atom. The zero-order chi connectivity index (χ0) is 23.6. The van der Waals surface area contributed by atoms with E-state index in [2.05, 4.69) is 10.6 Å². The van der Waals surface area contributed by atoms with Crippen molar-refractivity contribution in [2.24, 2.45) is 0 Å². The first-order chi connectivity index (χ1) is 15.0. The lowest BCUT2D eigenvalue weighted by molar-refractivity contribution is 0.262. The van der Waals surface area contributed by atoms with Crippen molar-refractivity contribution >= 4 is 85.5 Å². The highest BCUT2D eigenvalue weighted by molar-refractivity contribution is 7.86. The fraction of sp³-hybridized carbons (Fsp3) is 0. The second-order valence-electron chi connectivity index (χ2n) is 6.11. The first kappa shape index (κ1) is 24.7. The summed E-state index contributed by atoms with van der Waals surface area (Å²) < 4.78 is 39.3. The normalized spacial score (nSPS) is 11.2. The average Bonchev–Trinajstić information content (AvgIpc) is 2.68. The number of amides is 2. The van der Waals surface area contributed by atoms with E-state index in [1.54, 1.807) is 0 Å². The highest BCUT2D eigenvalue weighted by Crippen LogP contribution is 2.40. The lowest BCUT2D eigenvalue weighted by Gasteiger charge is -2.17. The number of nitrogens with one attached hydrogen (secondary N) is 2. The molecule has 3 rings (SSSR count). The SMILES string of the molecule is O=C(Nc1ccc(Cl)c(Cl)c1)Nc1c(Oc2ccc(Cl)c(Cl)c2)ccc(Cl)c1S(=O)(=O)O. The molecule has 0 aromatic heterocycles. The molecule has 0 saturated heterocycles. The van der Waals surface area contributed by atoms with Gasteiger partial charge in [-0.15, -0.1) is 0 Å². The molecule has 0 bridgehead atoms. The lowest BCUT2D eigenvalue weighted by atomic mass is 10.2. The molecule has 2 amide bonds. The number of hydrogen-bond acceptors (Lipinski definition) is 4. The molecule has 0 atom stereocenters. The molecule has 0 radical (unpaired) electrons. The van der Waals surface area contributed by atoms with Gasteiger partial charge in [0.15, 0.2) is 5.75 Å². The zero-order valence-electron chi connectivity index (χ0n) is 15.5. The molecular formula is C19H11Cl5N2O5S. The van der Waals surface area contributed by atoms with Crippen LogP contribution in [0.3, 0.4) is 0 Å². The minimum absolute atomic E-state index is 0.148. The highest BCUT2D eigenvalue weighted by atomic mass is 35.5. The van der Waals surface area contributed by atoms with E-state index in [4.69, 9.17) is 62.7 Å². The number of halogens is 5. The molecule has 0 aliphatic carbocycles. The molecule has 7 nitrogen and oxygen atoms in total. The average molecular weight is 557 g/mol. The molecule has 3 aromatic rings. The molecule has 0 fully saturated rings. The van der Waals surface area contributed by atoms with E-state index < -0.39 is 26.7 Å². The summed E-state index contributed by atoms with van der Waals surface area (Å²) in [6.45, 7) is 0. The van der Waals surface area contributed by atoms with E-state index in [-0.39, 0.29) is 42.3 Å². The Balaban J connectivity index is 2.00. The number of rotatable bonds is 5. The third kappa shape index (κ3) is 5.90. The van der Waals surface area contributed by atoms with Crippen LogP contribution in [0.2, 0.25) is 25.1 Å². The molecule has 0 aliphatic rings.